The summed E-state index contributed by atoms with van der Waals surface area (Å²) in [5.74, 6) is 0.612. The zero-order valence-electron chi connectivity index (χ0n) is 7.48. The van der Waals surface area contributed by atoms with Crippen LogP contribution in [0.4, 0.5) is 0 Å². The molecule has 0 unspecified atom stereocenters. The van der Waals surface area contributed by atoms with E-state index in [9.17, 15) is 0 Å². The highest BCUT2D eigenvalue weighted by atomic mass is 16.3. The number of pyridine rings is 1. The second kappa shape index (κ2) is 3.44. The Morgan fingerprint density at radius 2 is 2.31 bits per heavy atom. The summed E-state index contributed by atoms with van der Waals surface area (Å²) < 4.78 is 0. The molecule has 1 saturated carbocycles. The van der Waals surface area contributed by atoms with E-state index < -0.39 is 0 Å². The minimum Gasteiger partial charge on any atom is -0.390 e. The highest BCUT2D eigenvalue weighted by molar-refractivity contribution is 5.15. The van der Waals surface area contributed by atoms with Gasteiger partial charge in [0.2, 0.25) is 0 Å². The molecule has 0 aliphatic heterocycles. The van der Waals surface area contributed by atoms with E-state index in [1.807, 2.05) is 18.2 Å². The summed E-state index contributed by atoms with van der Waals surface area (Å²) in [6.45, 7) is -0.00870. The van der Waals surface area contributed by atoms with E-state index in [0.717, 1.165) is 5.69 Å². The van der Waals surface area contributed by atoms with Crippen LogP contribution in [0, 0.1) is 5.92 Å². The normalized spacial score (nSPS) is 18.6. The average Bonchev–Trinajstić information content (AvgIpc) is 3.00. The van der Waals surface area contributed by atoms with E-state index in [1.54, 1.807) is 0 Å². The maximum Gasteiger partial charge on any atom is 0.0853 e. The van der Waals surface area contributed by atoms with Crippen molar-refractivity contribution in [2.45, 2.75) is 25.5 Å². The molecule has 1 aliphatic carbocycles. The average molecular weight is 178 g/mol. The first-order valence-corrected chi connectivity index (χ1v) is 4.63. The lowest BCUT2D eigenvalue weighted by Crippen LogP contribution is -2.14. The van der Waals surface area contributed by atoms with Gasteiger partial charge in [-0.25, -0.2) is 0 Å². The van der Waals surface area contributed by atoms with Gasteiger partial charge in [0.05, 0.1) is 18.0 Å². The Balaban J connectivity index is 2.18. The maximum absolute atomic E-state index is 8.89. The number of aliphatic hydroxyl groups excluding tert-OH is 1. The van der Waals surface area contributed by atoms with E-state index in [2.05, 4.69) is 4.98 Å². The smallest absolute Gasteiger partial charge is 0.0853 e. The number of nitrogens with zero attached hydrogens (tertiary/aromatic N) is 1. The molecule has 1 aliphatic rings. The van der Waals surface area contributed by atoms with Gasteiger partial charge in [-0.3, -0.25) is 4.98 Å². The van der Waals surface area contributed by atoms with Crippen molar-refractivity contribution in [3.05, 3.63) is 29.6 Å². The van der Waals surface area contributed by atoms with E-state index in [-0.39, 0.29) is 12.6 Å². The Morgan fingerprint density at radius 1 is 1.54 bits per heavy atom. The van der Waals surface area contributed by atoms with Gasteiger partial charge in [-0.2, -0.15) is 0 Å². The van der Waals surface area contributed by atoms with Crippen LogP contribution in [0.15, 0.2) is 18.2 Å². The highest BCUT2D eigenvalue weighted by Gasteiger charge is 2.30. The Bertz CT molecular complexity index is 297. The molecule has 0 aromatic carbocycles. The largest absolute Gasteiger partial charge is 0.390 e. The van der Waals surface area contributed by atoms with E-state index in [4.69, 9.17) is 10.8 Å². The second-order valence-corrected chi connectivity index (χ2v) is 3.58. The summed E-state index contributed by atoms with van der Waals surface area (Å²) in [7, 11) is 0. The molecule has 3 N–H and O–H groups in total. The molecular weight excluding hydrogens is 164 g/mol. The van der Waals surface area contributed by atoms with Crippen LogP contribution in [0.25, 0.3) is 0 Å². The summed E-state index contributed by atoms with van der Waals surface area (Å²) in [5.41, 5.74) is 7.59. The SMILES string of the molecule is N[C@@H](c1cccc(CO)n1)C1CC1. The molecule has 1 aromatic rings. The second-order valence-electron chi connectivity index (χ2n) is 3.58. The topological polar surface area (TPSA) is 59.1 Å². The van der Waals surface area contributed by atoms with Crippen molar-refractivity contribution >= 4 is 0 Å². The van der Waals surface area contributed by atoms with Crippen LogP contribution in [0.1, 0.15) is 30.3 Å². The number of hydrogen-bond donors (Lipinski definition) is 2. The molecule has 0 saturated heterocycles. The van der Waals surface area contributed by atoms with Crippen molar-refractivity contribution in [2.75, 3.05) is 0 Å². The quantitative estimate of drug-likeness (QED) is 0.725. The zero-order chi connectivity index (χ0) is 9.26. The molecule has 1 atom stereocenters. The predicted molar refractivity (Wildman–Crippen MR) is 49.8 cm³/mol. The number of hydrogen-bond acceptors (Lipinski definition) is 3. The van der Waals surface area contributed by atoms with Crippen LogP contribution >= 0.6 is 0 Å². The highest BCUT2D eigenvalue weighted by Crippen LogP contribution is 2.38. The predicted octanol–water partition coefficient (Wildman–Crippen LogP) is 0.984. The number of aliphatic hydroxyl groups is 1. The van der Waals surface area contributed by atoms with Crippen molar-refractivity contribution in [2.24, 2.45) is 11.7 Å². The molecule has 0 amide bonds. The summed E-state index contributed by atoms with van der Waals surface area (Å²) in [5, 5.41) is 8.89. The van der Waals surface area contributed by atoms with Crippen LogP contribution in [0.5, 0.6) is 0 Å². The fourth-order valence-corrected chi connectivity index (χ4v) is 1.47. The van der Waals surface area contributed by atoms with Gasteiger partial charge in [0.1, 0.15) is 0 Å². The fourth-order valence-electron chi connectivity index (χ4n) is 1.47. The summed E-state index contributed by atoms with van der Waals surface area (Å²) in [6.07, 6.45) is 2.43. The summed E-state index contributed by atoms with van der Waals surface area (Å²) >= 11 is 0. The zero-order valence-corrected chi connectivity index (χ0v) is 7.48. The van der Waals surface area contributed by atoms with E-state index in [0.29, 0.717) is 11.6 Å². The molecule has 0 spiro atoms. The Kier molecular flexibility index (Phi) is 2.29. The van der Waals surface area contributed by atoms with Crippen LogP contribution < -0.4 is 5.73 Å². The van der Waals surface area contributed by atoms with Crippen molar-refractivity contribution in [1.29, 1.82) is 0 Å². The minimum atomic E-state index is -0.00870. The number of nitrogens with two attached hydrogens (primary N) is 1. The monoisotopic (exact) mass is 178 g/mol. The van der Waals surface area contributed by atoms with Gasteiger partial charge in [0, 0.05) is 6.04 Å². The van der Waals surface area contributed by atoms with Crippen molar-refractivity contribution in [3.63, 3.8) is 0 Å². The van der Waals surface area contributed by atoms with Gasteiger partial charge in [-0.15, -0.1) is 0 Å². The van der Waals surface area contributed by atoms with Gasteiger partial charge in [-0.05, 0) is 30.9 Å². The van der Waals surface area contributed by atoms with Crippen LogP contribution in [-0.2, 0) is 6.61 Å². The third-order valence-corrected chi connectivity index (χ3v) is 2.46. The lowest BCUT2D eigenvalue weighted by Gasteiger charge is -2.09. The van der Waals surface area contributed by atoms with E-state index in [1.165, 1.54) is 12.8 Å². The van der Waals surface area contributed by atoms with Crippen LogP contribution in [0.2, 0.25) is 0 Å². The molecule has 3 heteroatoms. The molecule has 3 nitrogen and oxygen atoms in total. The first-order chi connectivity index (χ1) is 6.31. The van der Waals surface area contributed by atoms with Gasteiger partial charge >= 0.3 is 0 Å². The number of aromatic nitrogens is 1. The van der Waals surface area contributed by atoms with Gasteiger partial charge in [0.25, 0.3) is 0 Å². The van der Waals surface area contributed by atoms with Crippen LogP contribution in [-0.4, -0.2) is 10.1 Å². The molecule has 0 bridgehead atoms. The number of rotatable bonds is 3. The Labute approximate surface area is 77.6 Å². The van der Waals surface area contributed by atoms with Gasteiger partial charge < -0.3 is 10.8 Å². The van der Waals surface area contributed by atoms with Crippen LogP contribution in [0.3, 0.4) is 0 Å². The van der Waals surface area contributed by atoms with Crippen molar-refractivity contribution in [1.82, 2.24) is 4.98 Å². The van der Waals surface area contributed by atoms with Crippen molar-refractivity contribution < 1.29 is 5.11 Å². The lowest BCUT2D eigenvalue weighted by molar-refractivity contribution is 0.276. The van der Waals surface area contributed by atoms with E-state index >= 15 is 0 Å². The molecule has 13 heavy (non-hydrogen) atoms. The first-order valence-electron chi connectivity index (χ1n) is 4.63. The third kappa shape index (κ3) is 1.87. The maximum atomic E-state index is 8.89. The van der Waals surface area contributed by atoms with Gasteiger partial charge in [-0.1, -0.05) is 6.07 Å². The lowest BCUT2D eigenvalue weighted by atomic mass is 10.1. The molecule has 1 fully saturated rings. The Morgan fingerprint density at radius 3 is 2.92 bits per heavy atom. The molecule has 1 heterocycles. The molecule has 70 valence electrons. The molecule has 1 aromatic heterocycles. The summed E-state index contributed by atoms with van der Waals surface area (Å²) in [4.78, 5) is 4.28. The third-order valence-electron chi connectivity index (χ3n) is 2.46. The minimum absolute atomic E-state index is 0.00870. The van der Waals surface area contributed by atoms with Gasteiger partial charge in [0.15, 0.2) is 0 Å². The molecular formula is C10H14N2O. The Hall–Kier alpha value is -0.930. The molecule has 2 rings (SSSR count). The molecule has 0 radical (unpaired) electrons. The standard InChI is InChI=1S/C10H14N2O/c11-10(7-4-5-7)9-3-1-2-8(6-13)12-9/h1-3,7,10,13H,4-6,11H2/t10-/m1/s1. The fraction of sp³-hybridized carbons (Fsp3) is 0.500. The first kappa shape index (κ1) is 8.66. The summed E-state index contributed by atoms with van der Waals surface area (Å²) in [6, 6.07) is 5.70. The van der Waals surface area contributed by atoms with Crippen molar-refractivity contribution in [3.8, 4) is 0 Å².